The smallest absolute Gasteiger partial charge is 0.320 e. The van der Waals surface area contributed by atoms with E-state index in [2.05, 4.69) is 41.8 Å². The van der Waals surface area contributed by atoms with E-state index in [1.165, 1.54) is 5.56 Å². The second-order valence-corrected chi connectivity index (χ2v) is 6.49. The van der Waals surface area contributed by atoms with Crippen molar-refractivity contribution in [1.82, 2.24) is 5.32 Å². The van der Waals surface area contributed by atoms with Gasteiger partial charge in [0.25, 0.3) is 0 Å². The van der Waals surface area contributed by atoms with Crippen molar-refractivity contribution in [3.63, 3.8) is 0 Å². The summed E-state index contributed by atoms with van der Waals surface area (Å²) in [7, 11) is 0. The minimum absolute atomic E-state index is 0.153. The number of urea groups is 1. The van der Waals surface area contributed by atoms with Crippen molar-refractivity contribution in [3.8, 4) is 0 Å². The van der Waals surface area contributed by atoms with Crippen molar-refractivity contribution >= 4 is 23.1 Å². The largest absolute Gasteiger partial charge is 0.326 e. The van der Waals surface area contributed by atoms with Crippen molar-refractivity contribution in [1.29, 1.82) is 0 Å². The van der Waals surface area contributed by atoms with Gasteiger partial charge < -0.3 is 10.6 Å². The van der Waals surface area contributed by atoms with Crippen LogP contribution in [-0.2, 0) is 6.42 Å². The van der Waals surface area contributed by atoms with Crippen LogP contribution >= 0.6 is 11.3 Å². The number of para-hydroxylation sites is 1. The van der Waals surface area contributed by atoms with Gasteiger partial charge in [0.2, 0.25) is 0 Å². The Morgan fingerprint density at radius 3 is 2.38 bits per heavy atom. The number of amides is 2. The molecule has 0 aliphatic rings. The van der Waals surface area contributed by atoms with Gasteiger partial charge >= 0.3 is 6.03 Å². The molecule has 3 aromatic rings. The summed E-state index contributed by atoms with van der Waals surface area (Å²) in [6, 6.07) is 21.6. The molecule has 3 rings (SSSR count). The Morgan fingerprint density at radius 1 is 1.00 bits per heavy atom. The highest BCUT2D eigenvalue weighted by molar-refractivity contribution is 7.10. The molecule has 0 radical (unpaired) electrons. The number of hydrogen-bond donors (Lipinski definition) is 2. The summed E-state index contributed by atoms with van der Waals surface area (Å²) in [6.07, 6.45) is 1.01. The van der Waals surface area contributed by atoms with E-state index in [4.69, 9.17) is 0 Å². The van der Waals surface area contributed by atoms with E-state index in [1.54, 1.807) is 11.3 Å². The van der Waals surface area contributed by atoms with E-state index >= 15 is 0 Å². The van der Waals surface area contributed by atoms with Crippen LogP contribution in [0.1, 0.15) is 29.0 Å². The van der Waals surface area contributed by atoms with Crippen molar-refractivity contribution in [3.05, 3.63) is 88.1 Å². The predicted molar refractivity (Wildman–Crippen MR) is 101 cm³/mol. The number of thiophene rings is 1. The zero-order valence-corrected chi connectivity index (χ0v) is 14.3. The lowest BCUT2D eigenvalue weighted by molar-refractivity contribution is 0.250. The summed E-state index contributed by atoms with van der Waals surface area (Å²) < 4.78 is 0. The highest BCUT2D eigenvalue weighted by Crippen LogP contribution is 2.26. The molecule has 0 fully saturated rings. The van der Waals surface area contributed by atoms with Gasteiger partial charge in [0.05, 0.1) is 6.04 Å². The lowest BCUT2D eigenvalue weighted by Crippen LogP contribution is -2.32. The van der Waals surface area contributed by atoms with Gasteiger partial charge in [-0.2, -0.15) is 0 Å². The van der Waals surface area contributed by atoms with Crippen LogP contribution in [0, 0.1) is 0 Å². The SMILES string of the molecule is CCc1ccc([C@H](NC(=O)Nc2ccccc2)c2cccs2)cc1. The number of nitrogens with one attached hydrogen (secondary N) is 2. The van der Waals surface area contributed by atoms with Gasteiger partial charge in [0, 0.05) is 10.6 Å². The number of hydrogen-bond acceptors (Lipinski definition) is 2. The van der Waals surface area contributed by atoms with Gasteiger partial charge in [0.15, 0.2) is 0 Å². The van der Waals surface area contributed by atoms with Crippen LogP contribution in [-0.4, -0.2) is 6.03 Å². The molecule has 24 heavy (non-hydrogen) atoms. The average molecular weight is 336 g/mol. The molecule has 1 aromatic heterocycles. The van der Waals surface area contributed by atoms with Gasteiger partial charge in [-0.25, -0.2) is 4.79 Å². The van der Waals surface area contributed by atoms with Gasteiger partial charge in [-0.3, -0.25) is 0 Å². The Labute approximate surface area is 146 Å². The monoisotopic (exact) mass is 336 g/mol. The summed E-state index contributed by atoms with van der Waals surface area (Å²) in [6.45, 7) is 2.14. The molecule has 0 aliphatic carbocycles. The third kappa shape index (κ3) is 4.03. The first-order valence-electron chi connectivity index (χ1n) is 8.01. The summed E-state index contributed by atoms with van der Waals surface area (Å²) in [5.74, 6) is 0. The molecule has 122 valence electrons. The van der Waals surface area contributed by atoms with Crippen LogP contribution in [0.3, 0.4) is 0 Å². The lowest BCUT2D eigenvalue weighted by Gasteiger charge is -2.19. The maximum absolute atomic E-state index is 12.4. The molecule has 0 saturated carbocycles. The minimum atomic E-state index is -0.209. The molecule has 2 aromatic carbocycles. The number of benzene rings is 2. The van der Waals surface area contributed by atoms with Crippen LogP contribution in [0.4, 0.5) is 10.5 Å². The van der Waals surface area contributed by atoms with Crippen molar-refractivity contribution < 1.29 is 4.79 Å². The van der Waals surface area contributed by atoms with Crippen LogP contribution in [0.5, 0.6) is 0 Å². The van der Waals surface area contributed by atoms with Gasteiger partial charge in [-0.05, 0) is 41.1 Å². The molecule has 1 atom stereocenters. The second kappa shape index (κ2) is 7.79. The number of anilines is 1. The molecule has 2 amide bonds. The Bertz CT molecular complexity index is 767. The standard InChI is InChI=1S/C20H20N2OS/c1-2-15-10-12-16(13-11-15)19(18-9-6-14-24-18)22-20(23)21-17-7-4-3-5-8-17/h3-14,19H,2H2,1H3,(H2,21,22,23)/t19-/m0/s1. The first kappa shape index (κ1) is 16.3. The van der Waals surface area contributed by atoms with Gasteiger partial charge in [0.1, 0.15) is 0 Å². The molecule has 0 saturated heterocycles. The topological polar surface area (TPSA) is 41.1 Å². The minimum Gasteiger partial charge on any atom is -0.326 e. The third-order valence-corrected chi connectivity index (χ3v) is 4.79. The second-order valence-electron chi connectivity index (χ2n) is 5.51. The molecule has 4 heteroatoms. The summed E-state index contributed by atoms with van der Waals surface area (Å²) in [5, 5.41) is 7.99. The van der Waals surface area contributed by atoms with E-state index in [0.717, 1.165) is 22.5 Å². The summed E-state index contributed by atoms with van der Waals surface area (Å²) >= 11 is 1.64. The number of aryl methyl sites for hydroxylation is 1. The van der Waals surface area contributed by atoms with Crippen LogP contribution in [0.15, 0.2) is 72.1 Å². The van der Waals surface area contributed by atoms with E-state index in [1.807, 2.05) is 47.8 Å². The number of rotatable bonds is 5. The van der Waals surface area contributed by atoms with E-state index in [-0.39, 0.29) is 12.1 Å². The van der Waals surface area contributed by atoms with Crippen LogP contribution in [0.2, 0.25) is 0 Å². The zero-order valence-electron chi connectivity index (χ0n) is 13.5. The van der Waals surface area contributed by atoms with Crippen LogP contribution < -0.4 is 10.6 Å². The number of carbonyl (C=O) groups is 1. The zero-order chi connectivity index (χ0) is 16.8. The first-order chi connectivity index (χ1) is 11.8. The Hall–Kier alpha value is -2.59. The summed E-state index contributed by atoms with van der Waals surface area (Å²) in [5.41, 5.74) is 3.15. The third-order valence-electron chi connectivity index (χ3n) is 3.86. The van der Waals surface area contributed by atoms with E-state index in [9.17, 15) is 4.79 Å². The fourth-order valence-corrected chi connectivity index (χ4v) is 3.34. The first-order valence-corrected chi connectivity index (χ1v) is 8.89. The highest BCUT2D eigenvalue weighted by Gasteiger charge is 2.17. The molecule has 1 heterocycles. The Morgan fingerprint density at radius 2 is 1.75 bits per heavy atom. The predicted octanol–water partition coefficient (Wildman–Crippen LogP) is 5.22. The molecule has 0 spiro atoms. The fourth-order valence-electron chi connectivity index (χ4n) is 2.54. The normalized spacial score (nSPS) is 11.7. The van der Waals surface area contributed by atoms with Crippen molar-refractivity contribution in [2.24, 2.45) is 0 Å². The van der Waals surface area contributed by atoms with Crippen molar-refractivity contribution in [2.45, 2.75) is 19.4 Å². The van der Waals surface area contributed by atoms with Crippen molar-refractivity contribution in [2.75, 3.05) is 5.32 Å². The summed E-state index contributed by atoms with van der Waals surface area (Å²) in [4.78, 5) is 13.5. The Balaban J connectivity index is 1.79. The average Bonchev–Trinajstić information content (AvgIpc) is 3.15. The van der Waals surface area contributed by atoms with Gasteiger partial charge in [-0.1, -0.05) is 55.5 Å². The molecule has 0 unspecified atom stereocenters. The van der Waals surface area contributed by atoms with Crippen LogP contribution in [0.25, 0.3) is 0 Å². The maximum Gasteiger partial charge on any atom is 0.320 e. The Kier molecular flexibility index (Phi) is 5.29. The van der Waals surface area contributed by atoms with Gasteiger partial charge in [-0.15, -0.1) is 11.3 Å². The van der Waals surface area contributed by atoms with E-state index in [0.29, 0.717) is 0 Å². The highest BCUT2D eigenvalue weighted by atomic mass is 32.1. The van der Waals surface area contributed by atoms with E-state index < -0.39 is 0 Å². The number of carbonyl (C=O) groups excluding carboxylic acids is 1. The maximum atomic E-state index is 12.4. The molecule has 0 bridgehead atoms. The quantitative estimate of drug-likeness (QED) is 0.659. The molecule has 0 aliphatic heterocycles. The lowest BCUT2D eigenvalue weighted by atomic mass is 10.0. The molecule has 3 nitrogen and oxygen atoms in total. The fraction of sp³-hybridized carbons (Fsp3) is 0.150. The molecular formula is C20H20N2OS. The molecular weight excluding hydrogens is 316 g/mol. The molecule has 2 N–H and O–H groups in total.